The summed E-state index contributed by atoms with van der Waals surface area (Å²) in [5.74, 6) is 0.0879. The van der Waals surface area contributed by atoms with Gasteiger partial charge in [-0.25, -0.2) is 0 Å². The molecule has 0 aliphatic carbocycles. The summed E-state index contributed by atoms with van der Waals surface area (Å²) in [5.41, 5.74) is 0. The molecule has 1 heterocycles. The smallest absolute Gasteiger partial charge is 0.234 e. The molecule has 0 radical (unpaired) electrons. The number of carbonyl (C=O) groups excluding carboxylic acids is 1. The van der Waals surface area contributed by atoms with Gasteiger partial charge >= 0.3 is 0 Å². The van der Waals surface area contributed by atoms with Crippen LogP contribution in [0, 0.1) is 0 Å². The van der Waals surface area contributed by atoms with Crippen LogP contribution in [-0.4, -0.2) is 62.8 Å². The molecule has 100 valence electrons. The molecule has 0 saturated carbocycles. The Morgan fingerprint density at radius 3 is 3.00 bits per heavy atom. The SMILES string of the molecule is CCCNC(=O)CN(C)C(C)C1CNCCO1. The highest BCUT2D eigenvalue weighted by molar-refractivity contribution is 5.77. The van der Waals surface area contributed by atoms with Crippen LogP contribution in [0.25, 0.3) is 0 Å². The predicted molar refractivity (Wildman–Crippen MR) is 68.0 cm³/mol. The number of likely N-dealkylation sites (N-methyl/N-ethyl adjacent to an activating group) is 1. The van der Waals surface area contributed by atoms with Crippen LogP contribution >= 0.6 is 0 Å². The molecule has 1 saturated heterocycles. The van der Waals surface area contributed by atoms with Crippen LogP contribution in [0.4, 0.5) is 0 Å². The minimum Gasteiger partial charge on any atom is -0.374 e. The molecule has 5 nitrogen and oxygen atoms in total. The number of hydrogen-bond acceptors (Lipinski definition) is 4. The Balaban J connectivity index is 2.29. The lowest BCUT2D eigenvalue weighted by Crippen LogP contribution is -2.51. The second kappa shape index (κ2) is 7.63. The molecule has 1 aliphatic heterocycles. The van der Waals surface area contributed by atoms with Gasteiger partial charge < -0.3 is 15.4 Å². The summed E-state index contributed by atoms with van der Waals surface area (Å²) in [4.78, 5) is 13.6. The van der Waals surface area contributed by atoms with E-state index in [4.69, 9.17) is 4.74 Å². The molecule has 1 rings (SSSR count). The fraction of sp³-hybridized carbons (Fsp3) is 0.917. The molecule has 1 aliphatic rings. The third-order valence-corrected chi connectivity index (χ3v) is 3.15. The Morgan fingerprint density at radius 1 is 1.65 bits per heavy atom. The van der Waals surface area contributed by atoms with Gasteiger partial charge in [0.2, 0.25) is 5.91 Å². The van der Waals surface area contributed by atoms with Crippen LogP contribution in [0.2, 0.25) is 0 Å². The average molecular weight is 243 g/mol. The summed E-state index contributed by atoms with van der Waals surface area (Å²) in [6, 6.07) is 0.246. The Kier molecular flexibility index (Phi) is 6.47. The molecule has 0 aromatic rings. The highest BCUT2D eigenvalue weighted by Crippen LogP contribution is 2.07. The molecule has 2 N–H and O–H groups in total. The number of carbonyl (C=O) groups is 1. The molecule has 0 spiro atoms. The lowest BCUT2D eigenvalue weighted by molar-refractivity contribution is -0.123. The van der Waals surface area contributed by atoms with Gasteiger partial charge in [0.15, 0.2) is 0 Å². The molecule has 1 fully saturated rings. The fourth-order valence-electron chi connectivity index (χ4n) is 1.87. The fourth-order valence-corrected chi connectivity index (χ4v) is 1.87. The van der Waals surface area contributed by atoms with Gasteiger partial charge in [0, 0.05) is 25.7 Å². The molecule has 17 heavy (non-hydrogen) atoms. The molecule has 2 unspecified atom stereocenters. The molecule has 2 atom stereocenters. The van der Waals surface area contributed by atoms with Crippen molar-refractivity contribution in [1.29, 1.82) is 0 Å². The number of nitrogens with one attached hydrogen (secondary N) is 2. The van der Waals surface area contributed by atoms with Crippen LogP contribution in [0.1, 0.15) is 20.3 Å². The second-order valence-corrected chi connectivity index (χ2v) is 4.62. The summed E-state index contributed by atoms with van der Waals surface area (Å²) in [6.45, 7) is 7.87. The number of ether oxygens (including phenoxy) is 1. The van der Waals surface area contributed by atoms with Gasteiger partial charge in [-0.1, -0.05) is 6.92 Å². The molecular weight excluding hydrogens is 218 g/mol. The minimum atomic E-state index is 0.0879. The number of rotatable bonds is 6. The van der Waals surface area contributed by atoms with Gasteiger partial charge in [-0.2, -0.15) is 0 Å². The van der Waals surface area contributed by atoms with Gasteiger partial charge in [0.1, 0.15) is 0 Å². The highest BCUT2D eigenvalue weighted by Gasteiger charge is 2.24. The lowest BCUT2D eigenvalue weighted by atomic mass is 10.1. The summed E-state index contributed by atoms with van der Waals surface area (Å²) in [6.07, 6.45) is 1.15. The quantitative estimate of drug-likeness (QED) is 0.679. The molecular formula is C12H25N3O2. The standard InChI is InChI=1S/C12H25N3O2/c1-4-5-14-12(16)9-15(3)10(2)11-8-13-6-7-17-11/h10-11,13H,4-9H2,1-3H3,(H,14,16). The Labute approximate surface area is 104 Å². The van der Waals surface area contributed by atoms with Crippen molar-refractivity contribution in [2.45, 2.75) is 32.4 Å². The first-order valence-electron chi connectivity index (χ1n) is 6.44. The van der Waals surface area contributed by atoms with Crippen LogP contribution in [0.5, 0.6) is 0 Å². The zero-order valence-electron chi connectivity index (χ0n) is 11.2. The van der Waals surface area contributed by atoms with Crippen LogP contribution in [0.3, 0.4) is 0 Å². The number of hydrogen-bond donors (Lipinski definition) is 2. The van der Waals surface area contributed by atoms with E-state index in [2.05, 4.69) is 17.6 Å². The zero-order valence-corrected chi connectivity index (χ0v) is 11.2. The van der Waals surface area contributed by atoms with Crippen molar-refractivity contribution >= 4 is 5.91 Å². The van der Waals surface area contributed by atoms with E-state index in [9.17, 15) is 4.79 Å². The lowest BCUT2D eigenvalue weighted by Gasteiger charge is -2.34. The molecule has 5 heteroatoms. The molecule has 0 aromatic carbocycles. The van der Waals surface area contributed by atoms with Crippen LogP contribution in [-0.2, 0) is 9.53 Å². The Hall–Kier alpha value is -0.650. The van der Waals surface area contributed by atoms with Gasteiger partial charge in [-0.3, -0.25) is 9.69 Å². The summed E-state index contributed by atoms with van der Waals surface area (Å²) < 4.78 is 5.69. The Morgan fingerprint density at radius 2 is 2.41 bits per heavy atom. The van der Waals surface area contributed by atoms with Gasteiger partial charge in [-0.15, -0.1) is 0 Å². The third-order valence-electron chi connectivity index (χ3n) is 3.15. The van der Waals surface area contributed by atoms with Crippen molar-refractivity contribution in [2.24, 2.45) is 0 Å². The number of amides is 1. The van der Waals surface area contributed by atoms with Crippen molar-refractivity contribution in [3.8, 4) is 0 Å². The molecule has 0 aromatic heterocycles. The van der Waals surface area contributed by atoms with Crippen LogP contribution in [0.15, 0.2) is 0 Å². The molecule has 1 amide bonds. The maximum atomic E-state index is 11.6. The van der Waals surface area contributed by atoms with Gasteiger partial charge in [0.05, 0.1) is 19.3 Å². The van der Waals surface area contributed by atoms with E-state index >= 15 is 0 Å². The second-order valence-electron chi connectivity index (χ2n) is 4.62. The minimum absolute atomic E-state index is 0.0879. The van der Waals surface area contributed by atoms with Gasteiger partial charge in [0.25, 0.3) is 0 Å². The first-order chi connectivity index (χ1) is 8.15. The number of nitrogens with zero attached hydrogens (tertiary/aromatic N) is 1. The summed E-state index contributed by atoms with van der Waals surface area (Å²) in [5, 5.41) is 6.19. The summed E-state index contributed by atoms with van der Waals surface area (Å²) >= 11 is 0. The normalized spacial score (nSPS) is 22.5. The van der Waals surface area contributed by atoms with E-state index in [1.54, 1.807) is 0 Å². The van der Waals surface area contributed by atoms with E-state index in [0.29, 0.717) is 6.54 Å². The first kappa shape index (κ1) is 14.4. The van der Waals surface area contributed by atoms with E-state index in [1.807, 2.05) is 18.9 Å². The van der Waals surface area contributed by atoms with Gasteiger partial charge in [-0.05, 0) is 20.4 Å². The van der Waals surface area contributed by atoms with Crippen LogP contribution < -0.4 is 10.6 Å². The molecule has 0 bridgehead atoms. The maximum absolute atomic E-state index is 11.6. The average Bonchev–Trinajstić information content (AvgIpc) is 2.36. The van der Waals surface area contributed by atoms with E-state index in [1.165, 1.54) is 0 Å². The van der Waals surface area contributed by atoms with Crippen molar-refractivity contribution in [2.75, 3.05) is 39.8 Å². The monoisotopic (exact) mass is 243 g/mol. The topological polar surface area (TPSA) is 53.6 Å². The summed E-state index contributed by atoms with van der Waals surface area (Å²) in [7, 11) is 1.97. The highest BCUT2D eigenvalue weighted by atomic mass is 16.5. The largest absolute Gasteiger partial charge is 0.374 e. The zero-order chi connectivity index (χ0) is 12.7. The van der Waals surface area contributed by atoms with Crippen molar-refractivity contribution < 1.29 is 9.53 Å². The Bertz CT molecular complexity index is 230. The number of morpholine rings is 1. The van der Waals surface area contributed by atoms with Crippen molar-refractivity contribution in [3.05, 3.63) is 0 Å². The van der Waals surface area contributed by atoms with Crippen molar-refractivity contribution in [1.82, 2.24) is 15.5 Å². The van der Waals surface area contributed by atoms with E-state index in [0.717, 1.165) is 32.7 Å². The predicted octanol–water partition coefficient (Wildman–Crippen LogP) is -0.179. The van der Waals surface area contributed by atoms with E-state index < -0.39 is 0 Å². The maximum Gasteiger partial charge on any atom is 0.234 e. The third kappa shape index (κ3) is 5.02. The van der Waals surface area contributed by atoms with E-state index in [-0.39, 0.29) is 18.1 Å². The van der Waals surface area contributed by atoms with Crippen molar-refractivity contribution in [3.63, 3.8) is 0 Å². The first-order valence-corrected chi connectivity index (χ1v) is 6.44.